The predicted molar refractivity (Wildman–Crippen MR) is 349 cm³/mol. The summed E-state index contributed by atoms with van der Waals surface area (Å²) in [6.07, 6.45) is 5.63. The summed E-state index contributed by atoms with van der Waals surface area (Å²) >= 11 is 0. The molecule has 9 aromatic rings. The van der Waals surface area contributed by atoms with E-state index in [1.165, 1.54) is 101 Å². The lowest BCUT2D eigenvalue weighted by molar-refractivity contribution is 0.332. The first-order chi connectivity index (χ1) is 39.1. The molecule has 82 heavy (non-hydrogen) atoms. The lowest BCUT2D eigenvalue weighted by Gasteiger charge is -2.48. The van der Waals surface area contributed by atoms with Crippen LogP contribution < -0.4 is 36.0 Å². The second-order valence-corrected chi connectivity index (χ2v) is 28.8. The molecular weight excluding hydrogens is 992 g/mol. The third kappa shape index (κ3) is 7.42. The third-order valence-corrected chi connectivity index (χ3v) is 21.1. The lowest BCUT2D eigenvalue weighted by atomic mass is 9.33. The second-order valence-electron chi connectivity index (χ2n) is 28.8. The Bertz CT molecular complexity index is 4070. The summed E-state index contributed by atoms with van der Waals surface area (Å²) in [7, 11) is 0. The van der Waals surface area contributed by atoms with Crippen molar-refractivity contribution in [3.63, 3.8) is 0 Å². The molecule has 9 aromatic carbocycles. The Morgan fingerprint density at radius 3 is 1.51 bits per heavy atom. The van der Waals surface area contributed by atoms with Gasteiger partial charge in [-0.25, -0.2) is 0 Å². The van der Waals surface area contributed by atoms with Gasteiger partial charge in [0, 0.05) is 68.0 Å². The van der Waals surface area contributed by atoms with Crippen molar-refractivity contribution in [3.8, 4) is 0 Å². The molecule has 0 fully saturated rings. The van der Waals surface area contributed by atoms with Crippen LogP contribution in [0.1, 0.15) is 153 Å². The molecule has 0 amide bonds. The Labute approximate surface area is 488 Å². The fourth-order valence-corrected chi connectivity index (χ4v) is 16.4. The van der Waals surface area contributed by atoms with Gasteiger partial charge in [-0.1, -0.05) is 167 Å². The molecule has 1 atom stereocenters. The van der Waals surface area contributed by atoms with Crippen LogP contribution in [0.15, 0.2) is 188 Å². The van der Waals surface area contributed by atoms with Gasteiger partial charge >= 0.3 is 0 Å². The molecule has 3 aliphatic carbocycles. The number of rotatable bonds is 5. The van der Waals surface area contributed by atoms with E-state index in [4.69, 9.17) is 0 Å². The standard InChI is InChI=1S/C77H77BN4/c1-49-39-59-63-47-66(49)82-67-42-56(79(51-24-16-13-17-25-51)52-26-18-14-19-27-52)32-34-64(67)78-65-45-61-62(75(8,9)38-37-74(61,6)7)46-68(65)81(55-31-33-58-60(41-55)73(4,5)36-35-72(58,2)3)69-43-57(44-70(82)71(69)78)80(53-28-20-15-21-29-53)54-30-22-23-50(40-54)77(63,12)48-76(59,10)11/h13-34,39-47H,35-38,48H2,1-12H3. The van der Waals surface area contributed by atoms with Gasteiger partial charge in [0.05, 0.1) is 5.69 Å². The topological polar surface area (TPSA) is 13.0 Å². The Kier molecular flexibility index (Phi) is 10.9. The first kappa shape index (κ1) is 51.1. The van der Waals surface area contributed by atoms with Gasteiger partial charge in [0.1, 0.15) is 0 Å². The molecule has 3 heterocycles. The molecule has 408 valence electrons. The Morgan fingerprint density at radius 2 is 0.866 bits per heavy atom. The molecule has 15 rings (SSSR count). The highest BCUT2D eigenvalue weighted by Crippen LogP contribution is 2.59. The monoisotopic (exact) mass is 1070 g/mol. The molecule has 6 aliphatic rings. The van der Waals surface area contributed by atoms with E-state index >= 15 is 0 Å². The zero-order chi connectivity index (χ0) is 56.6. The minimum atomic E-state index is -0.253. The average Bonchev–Trinajstić information content (AvgIpc) is 3.17. The highest BCUT2D eigenvalue weighted by molar-refractivity contribution is 7.00. The van der Waals surface area contributed by atoms with Crippen LogP contribution in [0.5, 0.6) is 0 Å². The maximum atomic E-state index is 2.73. The van der Waals surface area contributed by atoms with Crippen LogP contribution in [-0.4, -0.2) is 6.71 Å². The summed E-state index contributed by atoms with van der Waals surface area (Å²) < 4.78 is 0. The second kappa shape index (κ2) is 17.4. The van der Waals surface area contributed by atoms with Gasteiger partial charge in [-0.3, -0.25) is 0 Å². The van der Waals surface area contributed by atoms with Crippen LogP contribution in [-0.2, 0) is 32.5 Å². The molecular formula is C77H77BN4. The quantitative estimate of drug-likeness (QED) is 0.159. The van der Waals surface area contributed by atoms with E-state index in [1.807, 2.05) is 0 Å². The Morgan fingerprint density at radius 1 is 0.341 bits per heavy atom. The van der Waals surface area contributed by atoms with E-state index < -0.39 is 0 Å². The summed E-state index contributed by atoms with van der Waals surface area (Å²) in [5.41, 5.74) is 29.5. The number of hydrogen-bond donors (Lipinski definition) is 0. The average molecular weight is 1070 g/mol. The van der Waals surface area contributed by atoms with Crippen molar-refractivity contribution in [2.45, 2.75) is 148 Å². The van der Waals surface area contributed by atoms with Gasteiger partial charge in [0.2, 0.25) is 0 Å². The SMILES string of the molecule is Cc1cc2c3cc1N1c4cc(N(c5ccccc5)c5ccccc5)ccc4B4c5cc6c(cc5N(c5ccc7c(c5)C(C)(C)CCC7(C)C)c5cc(cc1c54)N(c1ccccc1)c1cccc(c1)C3(C)CC2(C)C)C(C)(C)CCC6(C)C. The van der Waals surface area contributed by atoms with Gasteiger partial charge < -0.3 is 19.6 Å². The van der Waals surface area contributed by atoms with Crippen LogP contribution in [0.2, 0.25) is 0 Å². The van der Waals surface area contributed by atoms with Crippen molar-refractivity contribution in [3.05, 3.63) is 233 Å². The summed E-state index contributed by atoms with van der Waals surface area (Å²) in [6, 6.07) is 73.4. The molecule has 3 aliphatic heterocycles. The largest absolute Gasteiger partial charge is 0.311 e. The summed E-state index contributed by atoms with van der Waals surface area (Å²) in [4.78, 5) is 10.5. The summed E-state index contributed by atoms with van der Waals surface area (Å²) in [5.74, 6) is 0. The normalized spacial score (nSPS) is 20.1. The zero-order valence-electron chi connectivity index (χ0n) is 50.3. The summed E-state index contributed by atoms with van der Waals surface area (Å²) in [5, 5.41) is 0. The van der Waals surface area contributed by atoms with E-state index in [9.17, 15) is 0 Å². The van der Waals surface area contributed by atoms with Crippen molar-refractivity contribution >= 4 is 91.3 Å². The Hall–Kier alpha value is -7.76. The van der Waals surface area contributed by atoms with Crippen LogP contribution in [0.25, 0.3) is 0 Å². The lowest BCUT2D eigenvalue weighted by Crippen LogP contribution is -2.62. The van der Waals surface area contributed by atoms with Crippen LogP contribution >= 0.6 is 0 Å². The van der Waals surface area contributed by atoms with Gasteiger partial charge in [0.25, 0.3) is 6.71 Å². The van der Waals surface area contributed by atoms with Crippen molar-refractivity contribution in [1.82, 2.24) is 0 Å². The molecule has 4 nitrogen and oxygen atoms in total. The third-order valence-electron chi connectivity index (χ3n) is 21.1. The maximum absolute atomic E-state index is 2.73. The molecule has 0 saturated carbocycles. The molecule has 0 spiro atoms. The van der Waals surface area contributed by atoms with Crippen molar-refractivity contribution < 1.29 is 0 Å². The molecule has 6 bridgehead atoms. The smallest absolute Gasteiger partial charge is 0.252 e. The predicted octanol–water partition coefficient (Wildman–Crippen LogP) is 19.0. The van der Waals surface area contributed by atoms with E-state index in [0.29, 0.717) is 0 Å². The van der Waals surface area contributed by atoms with Crippen LogP contribution in [0.3, 0.4) is 0 Å². The first-order valence-corrected chi connectivity index (χ1v) is 30.4. The number of hydrogen-bond acceptors (Lipinski definition) is 4. The van der Waals surface area contributed by atoms with Crippen molar-refractivity contribution in [2.75, 3.05) is 19.6 Å². The number of para-hydroxylation sites is 3. The molecule has 0 radical (unpaired) electrons. The van der Waals surface area contributed by atoms with Crippen molar-refractivity contribution in [1.29, 1.82) is 0 Å². The van der Waals surface area contributed by atoms with Gasteiger partial charge in [-0.05, 0) is 224 Å². The Balaban J connectivity index is 1.12. The molecule has 5 heteroatoms. The van der Waals surface area contributed by atoms with Gasteiger partial charge in [-0.15, -0.1) is 0 Å². The molecule has 0 N–H and O–H groups in total. The fourth-order valence-electron chi connectivity index (χ4n) is 16.4. The molecule has 0 saturated heterocycles. The number of benzene rings is 9. The number of nitrogens with zero attached hydrogens (tertiary/aromatic N) is 4. The van der Waals surface area contributed by atoms with E-state index in [1.54, 1.807) is 0 Å². The van der Waals surface area contributed by atoms with Crippen molar-refractivity contribution in [2.24, 2.45) is 0 Å². The first-order valence-electron chi connectivity index (χ1n) is 30.4. The van der Waals surface area contributed by atoms with Gasteiger partial charge in [-0.2, -0.15) is 0 Å². The minimum absolute atomic E-state index is 0.00119. The molecule has 1 unspecified atom stereocenters. The minimum Gasteiger partial charge on any atom is -0.311 e. The highest BCUT2D eigenvalue weighted by Gasteiger charge is 2.51. The van der Waals surface area contributed by atoms with E-state index in [0.717, 1.165) is 59.8 Å². The zero-order valence-corrected chi connectivity index (χ0v) is 50.3. The number of fused-ring (bicyclic) bond motifs is 13. The van der Waals surface area contributed by atoms with Crippen LogP contribution in [0.4, 0.5) is 68.2 Å². The number of aryl methyl sites for hydroxylation is 1. The highest BCUT2D eigenvalue weighted by atomic mass is 15.2. The fraction of sp³-hybridized carbons (Fsp3) is 0.299. The van der Waals surface area contributed by atoms with E-state index in [2.05, 4.69) is 291 Å². The maximum Gasteiger partial charge on any atom is 0.252 e. The van der Waals surface area contributed by atoms with Gasteiger partial charge in [0.15, 0.2) is 0 Å². The van der Waals surface area contributed by atoms with E-state index in [-0.39, 0.29) is 39.2 Å². The summed E-state index contributed by atoms with van der Waals surface area (Å²) in [6.45, 7) is 29.6. The number of anilines is 12. The van der Waals surface area contributed by atoms with Crippen LogP contribution in [0, 0.1) is 6.92 Å². The molecule has 0 aromatic heterocycles.